The number of hydrogen-bond acceptors (Lipinski definition) is 3. The number of ketones is 1. The first-order chi connectivity index (χ1) is 8.58. The number of aryl methyl sites for hydroxylation is 2. The van der Waals surface area contributed by atoms with Crippen LogP contribution in [0.5, 0.6) is 0 Å². The first kappa shape index (κ1) is 12.6. The van der Waals surface area contributed by atoms with E-state index in [1.165, 1.54) is 0 Å². The highest BCUT2D eigenvalue weighted by Crippen LogP contribution is 2.19. The van der Waals surface area contributed by atoms with Crippen LogP contribution in [-0.4, -0.2) is 21.9 Å². The topological polar surface area (TPSA) is 46.9 Å². The monoisotopic (exact) mass is 245 g/mol. The zero-order valence-corrected chi connectivity index (χ0v) is 11.2. The summed E-state index contributed by atoms with van der Waals surface area (Å²) in [6, 6.07) is 6.18. The zero-order chi connectivity index (χ0) is 13.1. The minimum Gasteiger partial charge on any atom is -0.385 e. The van der Waals surface area contributed by atoms with Gasteiger partial charge in [0.2, 0.25) is 0 Å². The van der Waals surface area contributed by atoms with E-state index in [1.807, 2.05) is 14.0 Å². The Morgan fingerprint density at radius 2 is 2.22 bits per heavy atom. The molecule has 2 rings (SSSR count). The fourth-order valence-electron chi connectivity index (χ4n) is 2.00. The van der Waals surface area contributed by atoms with Gasteiger partial charge >= 0.3 is 0 Å². The van der Waals surface area contributed by atoms with E-state index >= 15 is 0 Å². The molecule has 0 aliphatic carbocycles. The molecule has 0 saturated heterocycles. The summed E-state index contributed by atoms with van der Waals surface area (Å²) in [4.78, 5) is 15.3. The molecule has 0 saturated carbocycles. The highest BCUT2D eigenvalue weighted by Gasteiger charge is 2.04. The van der Waals surface area contributed by atoms with Crippen LogP contribution in [0.2, 0.25) is 0 Å². The van der Waals surface area contributed by atoms with Gasteiger partial charge in [-0.05, 0) is 38.5 Å². The maximum atomic E-state index is 10.8. The SMILES string of the molecule is CC(=O)CCCNc1ccc2c(c1)nc(C)n2C. The van der Waals surface area contributed by atoms with E-state index in [4.69, 9.17) is 0 Å². The number of fused-ring (bicyclic) bond motifs is 1. The summed E-state index contributed by atoms with van der Waals surface area (Å²) in [5.41, 5.74) is 3.21. The van der Waals surface area contributed by atoms with Gasteiger partial charge < -0.3 is 14.7 Å². The van der Waals surface area contributed by atoms with Crippen molar-refractivity contribution in [2.45, 2.75) is 26.7 Å². The molecule has 0 aliphatic heterocycles. The lowest BCUT2D eigenvalue weighted by atomic mass is 10.2. The number of nitrogens with one attached hydrogen (secondary N) is 1. The summed E-state index contributed by atoms with van der Waals surface area (Å²) < 4.78 is 2.08. The van der Waals surface area contributed by atoms with Gasteiger partial charge in [0.05, 0.1) is 11.0 Å². The number of carbonyl (C=O) groups is 1. The van der Waals surface area contributed by atoms with E-state index in [2.05, 4.69) is 33.1 Å². The van der Waals surface area contributed by atoms with Crippen molar-refractivity contribution < 1.29 is 4.79 Å². The van der Waals surface area contributed by atoms with Crippen LogP contribution in [0.3, 0.4) is 0 Å². The van der Waals surface area contributed by atoms with Crippen molar-refractivity contribution in [3.05, 3.63) is 24.0 Å². The molecule has 0 aliphatic rings. The number of nitrogens with zero attached hydrogens (tertiary/aromatic N) is 2. The average Bonchev–Trinajstić information content (AvgIpc) is 2.60. The Labute approximate surface area is 107 Å². The molecule has 1 aromatic heterocycles. The molecular formula is C14H19N3O. The van der Waals surface area contributed by atoms with Gasteiger partial charge in [-0.3, -0.25) is 0 Å². The van der Waals surface area contributed by atoms with Crippen LogP contribution in [0.25, 0.3) is 11.0 Å². The number of carbonyl (C=O) groups excluding carboxylic acids is 1. The predicted molar refractivity (Wildman–Crippen MR) is 73.9 cm³/mol. The van der Waals surface area contributed by atoms with Crippen LogP contribution >= 0.6 is 0 Å². The number of aromatic nitrogens is 2. The minimum atomic E-state index is 0.243. The molecule has 18 heavy (non-hydrogen) atoms. The molecule has 0 unspecified atom stereocenters. The summed E-state index contributed by atoms with van der Waals surface area (Å²) in [5, 5.41) is 3.32. The Balaban J connectivity index is 2.04. The second kappa shape index (κ2) is 5.21. The number of rotatable bonds is 5. The third kappa shape index (κ3) is 2.70. The predicted octanol–water partition coefficient (Wildman–Crippen LogP) is 2.66. The Bertz CT molecular complexity index is 572. The van der Waals surface area contributed by atoms with Gasteiger partial charge in [-0.1, -0.05) is 0 Å². The number of imidazole rings is 1. The fourth-order valence-corrected chi connectivity index (χ4v) is 2.00. The second-order valence-corrected chi connectivity index (χ2v) is 4.65. The van der Waals surface area contributed by atoms with Crippen molar-refractivity contribution in [1.82, 2.24) is 9.55 Å². The van der Waals surface area contributed by atoms with Gasteiger partial charge in [0, 0.05) is 25.7 Å². The van der Waals surface area contributed by atoms with E-state index in [1.54, 1.807) is 6.92 Å². The van der Waals surface area contributed by atoms with E-state index in [0.29, 0.717) is 6.42 Å². The van der Waals surface area contributed by atoms with Crippen molar-refractivity contribution in [1.29, 1.82) is 0 Å². The first-order valence-electron chi connectivity index (χ1n) is 6.24. The largest absolute Gasteiger partial charge is 0.385 e. The molecule has 1 heterocycles. The quantitative estimate of drug-likeness (QED) is 0.824. The van der Waals surface area contributed by atoms with E-state index in [-0.39, 0.29) is 5.78 Å². The maximum Gasteiger partial charge on any atom is 0.129 e. The van der Waals surface area contributed by atoms with Crippen LogP contribution in [-0.2, 0) is 11.8 Å². The Morgan fingerprint density at radius 1 is 1.44 bits per heavy atom. The normalized spacial score (nSPS) is 10.8. The van der Waals surface area contributed by atoms with Gasteiger partial charge in [-0.25, -0.2) is 4.98 Å². The molecule has 4 nitrogen and oxygen atoms in total. The summed E-state index contributed by atoms with van der Waals surface area (Å²) >= 11 is 0. The average molecular weight is 245 g/mol. The van der Waals surface area contributed by atoms with Crippen molar-refractivity contribution in [3.8, 4) is 0 Å². The number of Topliss-reactive ketones (excluding diaryl/α,β-unsaturated/α-hetero) is 1. The molecule has 0 amide bonds. The third-order valence-corrected chi connectivity index (χ3v) is 3.14. The minimum absolute atomic E-state index is 0.243. The summed E-state index contributed by atoms with van der Waals surface area (Å²) in [7, 11) is 2.02. The fraction of sp³-hybridized carbons (Fsp3) is 0.429. The zero-order valence-electron chi connectivity index (χ0n) is 11.2. The second-order valence-electron chi connectivity index (χ2n) is 4.65. The highest BCUT2D eigenvalue weighted by molar-refractivity contribution is 5.80. The molecule has 0 radical (unpaired) electrons. The lowest BCUT2D eigenvalue weighted by molar-refractivity contribution is -0.117. The Kier molecular flexibility index (Phi) is 3.65. The van der Waals surface area contributed by atoms with Crippen molar-refractivity contribution >= 4 is 22.5 Å². The van der Waals surface area contributed by atoms with Gasteiger partial charge in [0.1, 0.15) is 11.6 Å². The summed E-state index contributed by atoms with van der Waals surface area (Å²) in [6.07, 6.45) is 1.51. The van der Waals surface area contributed by atoms with Crippen LogP contribution < -0.4 is 5.32 Å². The van der Waals surface area contributed by atoms with E-state index in [0.717, 1.165) is 35.5 Å². The Hall–Kier alpha value is -1.84. The molecule has 0 spiro atoms. The van der Waals surface area contributed by atoms with Gasteiger partial charge in [0.15, 0.2) is 0 Å². The standard InChI is InChI=1S/C14H19N3O/c1-10(18)5-4-8-15-12-6-7-14-13(9-12)16-11(2)17(14)3/h6-7,9,15H,4-5,8H2,1-3H3. The van der Waals surface area contributed by atoms with Gasteiger partial charge in [-0.2, -0.15) is 0 Å². The smallest absolute Gasteiger partial charge is 0.129 e. The van der Waals surface area contributed by atoms with Crippen molar-refractivity contribution in [3.63, 3.8) is 0 Å². The van der Waals surface area contributed by atoms with Crippen molar-refractivity contribution in [2.24, 2.45) is 7.05 Å². The Morgan fingerprint density at radius 3 is 2.94 bits per heavy atom. The molecule has 0 fully saturated rings. The van der Waals surface area contributed by atoms with Crippen LogP contribution in [0, 0.1) is 6.92 Å². The maximum absolute atomic E-state index is 10.8. The molecule has 0 atom stereocenters. The van der Waals surface area contributed by atoms with Gasteiger partial charge in [0.25, 0.3) is 0 Å². The number of hydrogen-bond donors (Lipinski definition) is 1. The lowest BCUT2D eigenvalue weighted by Gasteiger charge is -2.05. The molecule has 1 N–H and O–H groups in total. The van der Waals surface area contributed by atoms with E-state index < -0.39 is 0 Å². The molecule has 96 valence electrons. The van der Waals surface area contributed by atoms with Gasteiger partial charge in [-0.15, -0.1) is 0 Å². The van der Waals surface area contributed by atoms with Crippen LogP contribution in [0.15, 0.2) is 18.2 Å². The molecular weight excluding hydrogens is 226 g/mol. The van der Waals surface area contributed by atoms with Crippen LogP contribution in [0.1, 0.15) is 25.6 Å². The number of benzene rings is 1. The molecule has 2 aromatic rings. The first-order valence-corrected chi connectivity index (χ1v) is 6.24. The number of anilines is 1. The highest BCUT2D eigenvalue weighted by atomic mass is 16.1. The van der Waals surface area contributed by atoms with Crippen molar-refractivity contribution in [2.75, 3.05) is 11.9 Å². The van der Waals surface area contributed by atoms with E-state index in [9.17, 15) is 4.79 Å². The lowest BCUT2D eigenvalue weighted by Crippen LogP contribution is -2.03. The molecule has 0 bridgehead atoms. The summed E-state index contributed by atoms with van der Waals surface area (Å²) in [6.45, 7) is 4.44. The summed E-state index contributed by atoms with van der Waals surface area (Å²) in [5.74, 6) is 1.26. The molecule has 1 aromatic carbocycles. The molecule has 4 heteroatoms. The van der Waals surface area contributed by atoms with Crippen LogP contribution in [0.4, 0.5) is 5.69 Å². The third-order valence-electron chi connectivity index (χ3n) is 3.14.